The van der Waals surface area contributed by atoms with Gasteiger partial charge >= 0.3 is 11.9 Å². The van der Waals surface area contributed by atoms with E-state index in [9.17, 15) is 19.8 Å². The van der Waals surface area contributed by atoms with Gasteiger partial charge in [-0.05, 0) is 65.8 Å². The fraction of sp³-hybridized carbons (Fsp3) is 0.0690. The minimum atomic E-state index is -1.33. The van der Waals surface area contributed by atoms with Gasteiger partial charge in [-0.1, -0.05) is 60.7 Å². The average Bonchev–Trinajstić information content (AvgIpc) is 2.90. The Kier molecular flexibility index (Phi) is 8.12. The van der Waals surface area contributed by atoms with Gasteiger partial charge in [0.15, 0.2) is 5.11 Å². The molecule has 4 aromatic carbocycles. The fourth-order valence-electron chi connectivity index (χ4n) is 3.70. The van der Waals surface area contributed by atoms with Crippen LogP contribution < -0.4 is 10.1 Å². The van der Waals surface area contributed by atoms with Crippen LogP contribution in [0, 0.1) is 0 Å². The summed E-state index contributed by atoms with van der Waals surface area (Å²) in [6, 6.07) is 31.1. The largest absolute Gasteiger partial charge is 0.478 e. The maximum atomic E-state index is 11.6. The molecule has 0 heterocycles. The van der Waals surface area contributed by atoms with Gasteiger partial charge in [0.1, 0.15) is 11.5 Å². The zero-order valence-electron chi connectivity index (χ0n) is 19.7. The van der Waals surface area contributed by atoms with Gasteiger partial charge in [0.2, 0.25) is 0 Å². The van der Waals surface area contributed by atoms with Crippen molar-refractivity contribution < 1.29 is 24.5 Å². The number of rotatable bonds is 9. The summed E-state index contributed by atoms with van der Waals surface area (Å²) in [6.07, 6.45) is 0. The van der Waals surface area contributed by atoms with Crippen molar-refractivity contribution in [1.29, 1.82) is 0 Å². The van der Waals surface area contributed by atoms with E-state index < -0.39 is 11.9 Å². The lowest BCUT2D eigenvalue weighted by Crippen LogP contribution is -2.34. The maximum absolute atomic E-state index is 11.6. The van der Waals surface area contributed by atoms with Crippen LogP contribution in [0.4, 0.5) is 5.69 Å². The molecule has 0 saturated heterocycles. The Morgan fingerprint density at radius 2 is 1.24 bits per heavy atom. The number of hydrogen-bond donors (Lipinski definition) is 3. The zero-order valence-corrected chi connectivity index (χ0v) is 20.5. The SMILES string of the molecule is O=C(O)c1ccc(NC(=S)N(Cc2ccccc2)Cc2ccc(Oc3ccccc3)cc2)cc1C(=O)O. The van der Waals surface area contributed by atoms with Crippen molar-refractivity contribution in [1.82, 2.24) is 4.90 Å². The molecule has 0 radical (unpaired) electrons. The Bertz CT molecular complexity index is 1390. The molecule has 4 aromatic rings. The molecule has 0 aliphatic heterocycles. The number of aromatic carboxylic acids is 2. The molecule has 0 aliphatic rings. The molecule has 0 amide bonds. The predicted octanol–water partition coefficient (Wildman–Crippen LogP) is 6.27. The molecule has 186 valence electrons. The first kappa shape index (κ1) is 25.4. The second kappa shape index (κ2) is 11.8. The van der Waals surface area contributed by atoms with Crippen LogP contribution in [0.2, 0.25) is 0 Å². The van der Waals surface area contributed by atoms with Gasteiger partial charge in [-0.15, -0.1) is 0 Å². The van der Waals surface area contributed by atoms with Gasteiger partial charge in [-0.2, -0.15) is 0 Å². The van der Waals surface area contributed by atoms with E-state index in [1.165, 1.54) is 18.2 Å². The summed E-state index contributed by atoms with van der Waals surface area (Å²) in [6.45, 7) is 0.985. The van der Waals surface area contributed by atoms with Gasteiger partial charge in [-0.3, -0.25) is 0 Å². The molecule has 0 aromatic heterocycles. The van der Waals surface area contributed by atoms with Crippen molar-refractivity contribution in [2.24, 2.45) is 0 Å². The Balaban J connectivity index is 1.53. The number of anilines is 1. The molecule has 3 N–H and O–H groups in total. The fourth-order valence-corrected chi connectivity index (χ4v) is 3.95. The minimum absolute atomic E-state index is 0.289. The van der Waals surface area contributed by atoms with E-state index in [0.29, 0.717) is 29.6 Å². The van der Waals surface area contributed by atoms with Crippen molar-refractivity contribution in [3.8, 4) is 11.5 Å². The van der Waals surface area contributed by atoms with E-state index in [1.54, 1.807) is 0 Å². The van der Waals surface area contributed by atoms with Crippen LogP contribution in [0.5, 0.6) is 11.5 Å². The van der Waals surface area contributed by atoms with Crippen molar-refractivity contribution in [2.75, 3.05) is 5.32 Å². The lowest BCUT2D eigenvalue weighted by molar-refractivity contribution is 0.0651. The average molecular weight is 513 g/mol. The van der Waals surface area contributed by atoms with Crippen LogP contribution in [0.25, 0.3) is 0 Å². The summed E-state index contributed by atoms with van der Waals surface area (Å²) >= 11 is 5.69. The topological polar surface area (TPSA) is 99.1 Å². The van der Waals surface area contributed by atoms with Crippen molar-refractivity contribution in [2.45, 2.75) is 13.1 Å². The highest BCUT2D eigenvalue weighted by Crippen LogP contribution is 2.23. The summed E-state index contributed by atoms with van der Waals surface area (Å²) in [7, 11) is 0. The molecule has 0 atom stereocenters. The number of thiocarbonyl (C=S) groups is 1. The van der Waals surface area contributed by atoms with Crippen molar-refractivity contribution in [3.05, 3.63) is 125 Å². The lowest BCUT2D eigenvalue weighted by atomic mass is 10.1. The highest BCUT2D eigenvalue weighted by Gasteiger charge is 2.18. The van der Waals surface area contributed by atoms with Gasteiger partial charge in [-0.25, -0.2) is 9.59 Å². The van der Waals surface area contributed by atoms with Crippen LogP contribution >= 0.6 is 12.2 Å². The number of nitrogens with one attached hydrogen (secondary N) is 1. The zero-order chi connectivity index (χ0) is 26.2. The number of para-hydroxylation sites is 1. The van der Waals surface area contributed by atoms with E-state index in [1.807, 2.05) is 89.8 Å². The monoisotopic (exact) mass is 512 g/mol. The Morgan fingerprint density at radius 1 is 0.703 bits per heavy atom. The van der Waals surface area contributed by atoms with Crippen molar-refractivity contribution >= 4 is 35.0 Å². The number of carboxylic acids is 2. The number of hydrogen-bond acceptors (Lipinski definition) is 4. The second-order valence-corrected chi connectivity index (χ2v) is 8.59. The predicted molar refractivity (Wildman–Crippen MR) is 145 cm³/mol. The first-order valence-electron chi connectivity index (χ1n) is 11.4. The molecule has 0 spiro atoms. The number of nitrogens with zero attached hydrogens (tertiary/aromatic N) is 1. The number of ether oxygens (including phenoxy) is 1. The van der Waals surface area contributed by atoms with Crippen LogP contribution in [0.15, 0.2) is 103 Å². The van der Waals surface area contributed by atoms with Crippen LogP contribution in [-0.4, -0.2) is 32.2 Å². The van der Waals surface area contributed by atoms with Crippen LogP contribution in [0.3, 0.4) is 0 Å². The van der Waals surface area contributed by atoms with Gasteiger partial charge < -0.3 is 25.2 Å². The van der Waals surface area contributed by atoms with E-state index in [4.69, 9.17) is 17.0 Å². The lowest BCUT2D eigenvalue weighted by Gasteiger charge is -2.26. The first-order chi connectivity index (χ1) is 17.9. The molecule has 0 bridgehead atoms. The van der Waals surface area contributed by atoms with Gasteiger partial charge in [0, 0.05) is 18.8 Å². The Hall–Kier alpha value is -4.69. The number of carboxylic acid groups (broad SMARTS) is 2. The summed E-state index contributed by atoms with van der Waals surface area (Å²) in [5.41, 5.74) is 1.82. The Labute approximate surface area is 219 Å². The third-order valence-corrected chi connectivity index (χ3v) is 5.87. The normalized spacial score (nSPS) is 10.4. The summed E-state index contributed by atoms with van der Waals surface area (Å²) < 4.78 is 5.88. The molecular weight excluding hydrogens is 488 g/mol. The quantitative estimate of drug-likeness (QED) is 0.226. The molecule has 0 fully saturated rings. The standard InChI is InChI=1S/C29H24N2O5S/c32-27(33)25-16-13-22(17-26(25)28(34)35)30-29(37)31(18-20-7-3-1-4-8-20)19-21-11-14-24(15-12-21)36-23-9-5-2-6-10-23/h1-17H,18-19H2,(H,30,37)(H,32,33)(H,34,35). The van der Waals surface area contributed by atoms with Gasteiger partial charge in [0.25, 0.3) is 0 Å². The third kappa shape index (κ3) is 6.93. The van der Waals surface area contributed by atoms with E-state index in [-0.39, 0.29) is 11.1 Å². The molecule has 4 rings (SSSR count). The number of benzene rings is 4. The number of carbonyl (C=O) groups is 2. The van der Waals surface area contributed by atoms with Gasteiger partial charge in [0.05, 0.1) is 11.1 Å². The first-order valence-corrected chi connectivity index (χ1v) is 11.8. The molecule has 0 unspecified atom stereocenters. The van der Waals surface area contributed by atoms with E-state index in [2.05, 4.69) is 5.32 Å². The van der Waals surface area contributed by atoms with E-state index in [0.717, 1.165) is 16.9 Å². The second-order valence-electron chi connectivity index (χ2n) is 8.20. The molecule has 0 aliphatic carbocycles. The third-order valence-electron chi connectivity index (χ3n) is 5.51. The molecule has 37 heavy (non-hydrogen) atoms. The van der Waals surface area contributed by atoms with Crippen LogP contribution in [0.1, 0.15) is 31.8 Å². The summed E-state index contributed by atoms with van der Waals surface area (Å²) in [4.78, 5) is 24.9. The molecular formula is C29H24N2O5S. The summed E-state index contributed by atoms with van der Waals surface area (Å²) in [5.74, 6) is -1.17. The summed E-state index contributed by atoms with van der Waals surface area (Å²) in [5, 5.41) is 22.2. The minimum Gasteiger partial charge on any atom is -0.478 e. The van der Waals surface area contributed by atoms with Crippen LogP contribution in [-0.2, 0) is 13.1 Å². The molecule has 0 saturated carbocycles. The molecule has 7 nitrogen and oxygen atoms in total. The molecule has 8 heteroatoms. The highest BCUT2D eigenvalue weighted by molar-refractivity contribution is 7.80. The van der Waals surface area contributed by atoms with E-state index >= 15 is 0 Å². The van der Waals surface area contributed by atoms with Crippen molar-refractivity contribution in [3.63, 3.8) is 0 Å². The Morgan fingerprint density at radius 3 is 1.84 bits per heavy atom. The maximum Gasteiger partial charge on any atom is 0.336 e. The highest BCUT2D eigenvalue weighted by atomic mass is 32.1. The smallest absolute Gasteiger partial charge is 0.336 e.